The second-order valence-corrected chi connectivity index (χ2v) is 6.54. The smallest absolute Gasteiger partial charge is 0.269 e. The van der Waals surface area contributed by atoms with E-state index in [1.165, 1.54) is 6.07 Å². The largest absolute Gasteiger partial charge is 0.298 e. The van der Waals surface area contributed by atoms with Crippen molar-refractivity contribution in [1.82, 2.24) is 16.2 Å². The molecule has 0 aliphatic rings. The predicted molar refractivity (Wildman–Crippen MR) is 101 cm³/mol. The summed E-state index contributed by atoms with van der Waals surface area (Å²) in [6.45, 7) is 1.92. The summed E-state index contributed by atoms with van der Waals surface area (Å²) in [4.78, 5) is 24.0. The summed E-state index contributed by atoms with van der Waals surface area (Å²) in [7, 11) is 0. The number of hydrogen-bond donors (Lipinski definition) is 3. The third-order valence-corrected chi connectivity index (χ3v) is 4.33. The van der Waals surface area contributed by atoms with Crippen LogP contribution in [-0.2, 0) is 0 Å². The molecule has 0 bridgehead atoms. The normalized spacial score (nSPS) is 9.96. The molecule has 0 radical (unpaired) electrons. The van der Waals surface area contributed by atoms with Crippen LogP contribution < -0.4 is 16.2 Å². The van der Waals surface area contributed by atoms with Gasteiger partial charge in [0, 0.05) is 20.6 Å². The van der Waals surface area contributed by atoms with Crippen LogP contribution in [0.25, 0.3) is 0 Å². The SMILES string of the molecule is Cc1ccc(C(=O)NC(=S)NNC(=O)c2cccc(Cl)c2)cc1Br. The fraction of sp³-hybridized carbons (Fsp3) is 0.0625. The quantitative estimate of drug-likeness (QED) is 0.509. The number of halogens is 2. The Hall–Kier alpha value is -1.96. The summed E-state index contributed by atoms with van der Waals surface area (Å²) in [5, 5.41) is 2.91. The molecule has 0 fully saturated rings. The van der Waals surface area contributed by atoms with Gasteiger partial charge in [0.15, 0.2) is 5.11 Å². The molecule has 3 N–H and O–H groups in total. The zero-order valence-electron chi connectivity index (χ0n) is 12.5. The van der Waals surface area contributed by atoms with Gasteiger partial charge >= 0.3 is 0 Å². The van der Waals surface area contributed by atoms with Crippen molar-refractivity contribution in [3.8, 4) is 0 Å². The lowest BCUT2D eigenvalue weighted by Crippen LogP contribution is -2.48. The standard InChI is InChI=1S/C16H13BrClN3O2S/c1-9-5-6-11(8-13(9)17)14(22)19-16(24)21-20-15(23)10-3-2-4-12(18)7-10/h2-8H,1H3,(H,20,23)(H2,19,21,22,24). The van der Waals surface area contributed by atoms with E-state index in [9.17, 15) is 9.59 Å². The second-order valence-electron chi connectivity index (χ2n) is 4.84. The van der Waals surface area contributed by atoms with Gasteiger partial charge in [-0.15, -0.1) is 0 Å². The van der Waals surface area contributed by atoms with Crippen molar-refractivity contribution < 1.29 is 9.59 Å². The lowest BCUT2D eigenvalue weighted by atomic mass is 10.1. The van der Waals surface area contributed by atoms with Gasteiger partial charge in [-0.25, -0.2) is 0 Å². The molecule has 124 valence electrons. The van der Waals surface area contributed by atoms with Crippen LogP contribution in [0, 0.1) is 6.92 Å². The van der Waals surface area contributed by atoms with Crippen LogP contribution in [0.2, 0.25) is 5.02 Å². The Kier molecular flexibility index (Phi) is 6.30. The number of carbonyl (C=O) groups excluding carboxylic acids is 2. The molecule has 0 aromatic heterocycles. The highest BCUT2D eigenvalue weighted by molar-refractivity contribution is 9.10. The van der Waals surface area contributed by atoms with Gasteiger partial charge in [0.25, 0.3) is 11.8 Å². The molecule has 2 aromatic rings. The minimum atomic E-state index is -0.424. The fourth-order valence-corrected chi connectivity index (χ4v) is 2.47. The third-order valence-electron chi connectivity index (χ3n) is 3.04. The minimum absolute atomic E-state index is 0.0212. The highest BCUT2D eigenvalue weighted by atomic mass is 79.9. The second kappa shape index (κ2) is 8.23. The first kappa shape index (κ1) is 18.4. The van der Waals surface area contributed by atoms with E-state index in [-0.39, 0.29) is 11.0 Å². The zero-order chi connectivity index (χ0) is 17.7. The van der Waals surface area contributed by atoms with E-state index in [0.717, 1.165) is 10.0 Å². The van der Waals surface area contributed by atoms with Gasteiger partial charge in [-0.2, -0.15) is 0 Å². The van der Waals surface area contributed by atoms with E-state index in [1.54, 1.807) is 30.3 Å². The molecule has 0 unspecified atom stereocenters. The number of nitrogens with one attached hydrogen (secondary N) is 3. The van der Waals surface area contributed by atoms with Gasteiger partial charge in [0.1, 0.15) is 0 Å². The van der Waals surface area contributed by atoms with Gasteiger partial charge in [0.05, 0.1) is 0 Å². The van der Waals surface area contributed by atoms with Gasteiger partial charge in [-0.05, 0) is 55.0 Å². The number of benzene rings is 2. The molecule has 0 heterocycles. The van der Waals surface area contributed by atoms with Gasteiger partial charge in [-0.3, -0.25) is 25.8 Å². The van der Waals surface area contributed by atoms with Crippen LogP contribution in [0.4, 0.5) is 0 Å². The van der Waals surface area contributed by atoms with Gasteiger partial charge < -0.3 is 0 Å². The first-order valence-electron chi connectivity index (χ1n) is 6.80. The molecule has 5 nitrogen and oxygen atoms in total. The monoisotopic (exact) mass is 425 g/mol. The van der Waals surface area contributed by atoms with E-state index in [1.807, 2.05) is 13.0 Å². The number of thiocarbonyl (C=S) groups is 1. The van der Waals surface area contributed by atoms with Crippen molar-refractivity contribution in [2.24, 2.45) is 0 Å². The van der Waals surface area contributed by atoms with E-state index < -0.39 is 5.91 Å². The van der Waals surface area contributed by atoms with Crippen molar-refractivity contribution in [3.05, 3.63) is 68.7 Å². The van der Waals surface area contributed by atoms with E-state index >= 15 is 0 Å². The lowest BCUT2D eigenvalue weighted by molar-refractivity contribution is 0.0934. The molecule has 8 heteroatoms. The van der Waals surface area contributed by atoms with Crippen molar-refractivity contribution in [3.63, 3.8) is 0 Å². The minimum Gasteiger partial charge on any atom is -0.298 e. The van der Waals surface area contributed by atoms with Crippen LogP contribution in [-0.4, -0.2) is 16.9 Å². The van der Waals surface area contributed by atoms with Gasteiger partial charge in [-0.1, -0.05) is 39.7 Å². The van der Waals surface area contributed by atoms with Crippen molar-refractivity contribution in [2.75, 3.05) is 0 Å². The maximum Gasteiger partial charge on any atom is 0.269 e. The van der Waals surface area contributed by atoms with Crippen molar-refractivity contribution in [1.29, 1.82) is 0 Å². The molecule has 24 heavy (non-hydrogen) atoms. The maximum absolute atomic E-state index is 12.1. The predicted octanol–water partition coefficient (Wildman–Crippen LogP) is 3.36. The Morgan fingerprint density at radius 3 is 2.42 bits per heavy atom. The summed E-state index contributed by atoms with van der Waals surface area (Å²) in [5.74, 6) is -0.808. The molecular formula is C16H13BrClN3O2S. The number of amides is 2. The van der Waals surface area contributed by atoms with Crippen LogP contribution in [0.15, 0.2) is 46.9 Å². The Labute approximate surface area is 157 Å². The van der Waals surface area contributed by atoms with E-state index in [4.69, 9.17) is 23.8 Å². The molecule has 0 aliphatic carbocycles. The Morgan fingerprint density at radius 1 is 1.04 bits per heavy atom. The average Bonchev–Trinajstić information content (AvgIpc) is 2.55. The summed E-state index contributed by atoms with van der Waals surface area (Å²) < 4.78 is 0.822. The zero-order valence-corrected chi connectivity index (χ0v) is 15.7. The molecule has 2 aromatic carbocycles. The van der Waals surface area contributed by atoms with Crippen molar-refractivity contribution in [2.45, 2.75) is 6.92 Å². The Morgan fingerprint density at radius 2 is 1.75 bits per heavy atom. The van der Waals surface area contributed by atoms with Crippen LogP contribution >= 0.6 is 39.7 Å². The first-order valence-corrected chi connectivity index (χ1v) is 8.38. The molecule has 0 saturated carbocycles. The fourth-order valence-electron chi connectivity index (χ4n) is 1.76. The van der Waals surface area contributed by atoms with Crippen LogP contribution in [0.3, 0.4) is 0 Å². The first-order chi connectivity index (χ1) is 11.4. The highest BCUT2D eigenvalue weighted by Gasteiger charge is 2.10. The molecule has 2 amide bonds. The molecule has 0 atom stereocenters. The number of carbonyl (C=O) groups is 2. The lowest BCUT2D eigenvalue weighted by Gasteiger charge is -2.11. The Bertz CT molecular complexity index is 814. The number of hydrogen-bond acceptors (Lipinski definition) is 3. The topological polar surface area (TPSA) is 70.2 Å². The summed E-state index contributed by atoms with van der Waals surface area (Å²) in [5.41, 5.74) is 6.69. The summed E-state index contributed by atoms with van der Waals surface area (Å²) >= 11 is 14.2. The summed E-state index contributed by atoms with van der Waals surface area (Å²) in [6.07, 6.45) is 0. The molecule has 0 aliphatic heterocycles. The van der Waals surface area contributed by atoms with Crippen LogP contribution in [0.1, 0.15) is 26.3 Å². The van der Waals surface area contributed by atoms with Crippen LogP contribution in [0.5, 0.6) is 0 Å². The molecule has 2 rings (SSSR count). The average molecular weight is 427 g/mol. The number of aryl methyl sites for hydroxylation is 1. The number of rotatable bonds is 2. The number of hydrazine groups is 1. The van der Waals surface area contributed by atoms with E-state index in [0.29, 0.717) is 16.1 Å². The highest BCUT2D eigenvalue weighted by Crippen LogP contribution is 2.17. The third kappa shape index (κ3) is 5.02. The van der Waals surface area contributed by atoms with E-state index in [2.05, 4.69) is 32.1 Å². The molecule has 0 spiro atoms. The molecular weight excluding hydrogens is 414 g/mol. The maximum atomic E-state index is 12.1. The van der Waals surface area contributed by atoms with Crippen molar-refractivity contribution >= 4 is 56.7 Å². The summed E-state index contributed by atoms with van der Waals surface area (Å²) in [6, 6.07) is 11.6. The molecule has 0 saturated heterocycles. The Balaban J connectivity index is 1.89. The van der Waals surface area contributed by atoms with Gasteiger partial charge in [0.2, 0.25) is 0 Å².